The highest BCUT2D eigenvalue weighted by Gasteiger charge is 2.58. The van der Waals surface area contributed by atoms with Gasteiger partial charge in [0.05, 0.1) is 28.1 Å². The summed E-state index contributed by atoms with van der Waals surface area (Å²) in [6.07, 6.45) is -10.2. The number of hydrogen-bond donors (Lipinski definition) is 0. The second-order valence-corrected chi connectivity index (χ2v) is 8.55. The first-order valence-electron chi connectivity index (χ1n) is 8.04. The molecule has 0 spiro atoms. The van der Waals surface area contributed by atoms with Crippen molar-refractivity contribution in [3.63, 3.8) is 0 Å². The SMILES string of the molecule is CCS(=O)(=O)c1cc(C(F)(F)F)c(Cl)nc1-c1ccc(OCC(F)(F)C(F)(F)F)cn1. The van der Waals surface area contributed by atoms with Crippen molar-refractivity contribution >= 4 is 21.4 Å². The fourth-order valence-corrected chi connectivity index (χ4v) is 3.41. The summed E-state index contributed by atoms with van der Waals surface area (Å²) in [6, 6.07) is 2.07. The molecule has 0 saturated carbocycles. The molecule has 0 N–H and O–H groups in total. The van der Waals surface area contributed by atoms with Crippen LogP contribution in [0.3, 0.4) is 0 Å². The van der Waals surface area contributed by atoms with Crippen LogP contribution in [0.1, 0.15) is 12.5 Å². The molecule has 0 bridgehead atoms. The minimum atomic E-state index is -5.84. The Bertz CT molecular complexity index is 1050. The van der Waals surface area contributed by atoms with Crippen LogP contribution in [0.15, 0.2) is 29.3 Å². The van der Waals surface area contributed by atoms with E-state index in [1.807, 2.05) is 0 Å². The first-order valence-corrected chi connectivity index (χ1v) is 10.1. The van der Waals surface area contributed by atoms with Crippen LogP contribution in [-0.2, 0) is 16.0 Å². The summed E-state index contributed by atoms with van der Waals surface area (Å²) in [5, 5.41) is -1.07. The van der Waals surface area contributed by atoms with E-state index in [0.29, 0.717) is 12.3 Å². The molecule has 2 aromatic heterocycles. The molecule has 2 rings (SSSR count). The van der Waals surface area contributed by atoms with Crippen molar-refractivity contribution < 1.29 is 48.3 Å². The van der Waals surface area contributed by atoms with Crippen LogP contribution in [0.5, 0.6) is 5.75 Å². The summed E-state index contributed by atoms with van der Waals surface area (Å²) in [4.78, 5) is 6.26. The molecule has 0 aliphatic carbocycles. The maximum absolute atomic E-state index is 13.1. The molecule has 0 saturated heterocycles. The fourth-order valence-electron chi connectivity index (χ4n) is 2.11. The molecule has 0 aliphatic heterocycles. The highest BCUT2D eigenvalue weighted by atomic mass is 35.5. The zero-order valence-electron chi connectivity index (χ0n) is 15.2. The predicted octanol–water partition coefficient (Wildman–Crippen LogP) is 5.19. The molecule has 31 heavy (non-hydrogen) atoms. The maximum Gasteiger partial charge on any atom is 0.456 e. The van der Waals surface area contributed by atoms with Crippen molar-refractivity contribution in [1.82, 2.24) is 9.97 Å². The lowest BCUT2D eigenvalue weighted by atomic mass is 10.2. The predicted molar refractivity (Wildman–Crippen MR) is 91.7 cm³/mol. The van der Waals surface area contributed by atoms with Gasteiger partial charge in [-0.05, 0) is 18.2 Å². The van der Waals surface area contributed by atoms with Gasteiger partial charge < -0.3 is 4.74 Å². The largest absolute Gasteiger partial charge is 0.485 e. The number of ether oxygens (including phenoxy) is 1. The molecule has 0 unspecified atom stereocenters. The molecule has 0 aliphatic rings. The highest BCUT2D eigenvalue weighted by Crippen LogP contribution is 2.39. The smallest absolute Gasteiger partial charge is 0.456 e. The number of pyridine rings is 2. The minimum Gasteiger partial charge on any atom is -0.485 e. The van der Waals surface area contributed by atoms with E-state index >= 15 is 0 Å². The van der Waals surface area contributed by atoms with E-state index < -0.39 is 67.5 Å². The van der Waals surface area contributed by atoms with Gasteiger partial charge in [0.15, 0.2) is 16.4 Å². The molecular weight excluding hydrogens is 488 g/mol. The maximum atomic E-state index is 13.1. The molecule has 2 heterocycles. The van der Waals surface area contributed by atoms with Gasteiger partial charge in [0.25, 0.3) is 0 Å². The lowest BCUT2D eigenvalue weighted by Gasteiger charge is -2.19. The van der Waals surface area contributed by atoms with Crippen LogP contribution < -0.4 is 4.74 Å². The van der Waals surface area contributed by atoms with Crippen molar-refractivity contribution in [2.24, 2.45) is 0 Å². The Balaban J connectivity index is 2.46. The zero-order valence-corrected chi connectivity index (χ0v) is 16.7. The topological polar surface area (TPSA) is 69.2 Å². The van der Waals surface area contributed by atoms with Crippen LogP contribution >= 0.6 is 11.6 Å². The number of sulfone groups is 1. The van der Waals surface area contributed by atoms with Crippen LogP contribution in [0.25, 0.3) is 11.4 Å². The van der Waals surface area contributed by atoms with Gasteiger partial charge in [0.1, 0.15) is 16.6 Å². The number of alkyl halides is 8. The quantitative estimate of drug-likeness (QED) is 0.405. The van der Waals surface area contributed by atoms with Gasteiger partial charge >= 0.3 is 18.3 Å². The zero-order chi connectivity index (χ0) is 23.8. The molecule has 0 atom stereocenters. The lowest BCUT2D eigenvalue weighted by Crippen LogP contribution is -2.41. The summed E-state index contributed by atoms with van der Waals surface area (Å²) < 4.78 is 130. The molecule has 172 valence electrons. The molecule has 0 aromatic carbocycles. The number of hydrogen-bond acceptors (Lipinski definition) is 5. The molecule has 15 heteroatoms. The van der Waals surface area contributed by atoms with Gasteiger partial charge in [-0.2, -0.15) is 35.1 Å². The third-order valence-corrected chi connectivity index (χ3v) is 5.80. The third-order valence-electron chi connectivity index (χ3n) is 3.78. The van der Waals surface area contributed by atoms with Crippen LogP contribution in [0, 0.1) is 0 Å². The van der Waals surface area contributed by atoms with Crippen molar-refractivity contribution in [3.05, 3.63) is 35.1 Å². The van der Waals surface area contributed by atoms with E-state index in [1.54, 1.807) is 0 Å². The first-order chi connectivity index (χ1) is 14.0. The molecule has 5 nitrogen and oxygen atoms in total. The lowest BCUT2D eigenvalue weighted by molar-refractivity contribution is -0.290. The Hall–Kier alpha value is -2.22. The number of nitrogens with zero attached hydrogens (tertiary/aromatic N) is 2. The molecule has 0 amide bonds. The Morgan fingerprint density at radius 2 is 1.68 bits per heavy atom. The van der Waals surface area contributed by atoms with Crippen LogP contribution in [-0.4, -0.2) is 42.8 Å². The second-order valence-electron chi connectivity index (χ2n) is 5.94. The normalized spacial score (nSPS) is 13.4. The Morgan fingerprint density at radius 1 is 1.06 bits per heavy atom. The van der Waals surface area contributed by atoms with E-state index in [4.69, 9.17) is 11.6 Å². The summed E-state index contributed by atoms with van der Waals surface area (Å²) in [5.41, 5.74) is -2.40. The van der Waals surface area contributed by atoms with Crippen molar-refractivity contribution in [2.75, 3.05) is 12.4 Å². The third kappa shape index (κ3) is 5.53. The Labute approximate surface area is 174 Å². The van der Waals surface area contributed by atoms with E-state index in [0.717, 1.165) is 12.1 Å². The number of rotatable bonds is 6. The average molecular weight is 499 g/mol. The molecule has 0 fully saturated rings. The molecule has 2 aromatic rings. The van der Waals surface area contributed by atoms with Gasteiger partial charge in [-0.3, -0.25) is 4.98 Å². The van der Waals surface area contributed by atoms with Gasteiger partial charge in [0.2, 0.25) is 0 Å². The summed E-state index contributed by atoms with van der Waals surface area (Å²) >= 11 is 5.53. The van der Waals surface area contributed by atoms with E-state index in [-0.39, 0.29) is 5.69 Å². The van der Waals surface area contributed by atoms with Crippen LogP contribution in [0.2, 0.25) is 5.15 Å². The van der Waals surface area contributed by atoms with Gasteiger partial charge in [-0.25, -0.2) is 13.4 Å². The van der Waals surface area contributed by atoms with Gasteiger partial charge in [-0.15, -0.1) is 0 Å². The summed E-state index contributed by atoms with van der Waals surface area (Å²) in [7, 11) is -4.25. The number of halogens is 9. The van der Waals surface area contributed by atoms with Crippen LogP contribution in [0.4, 0.5) is 35.1 Å². The van der Waals surface area contributed by atoms with Gasteiger partial charge in [-0.1, -0.05) is 18.5 Å². The number of aromatic nitrogens is 2. The van der Waals surface area contributed by atoms with E-state index in [9.17, 15) is 43.5 Å². The molecule has 0 radical (unpaired) electrons. The Morgan fingerprint density at radius 3 is 2.13 bits per heavy atom. The average Bonchev–Trinajstić information content (AvgIpc) is 2.64. The minimum absolute atomic E-state index is 0.291. The van der Waals surface area contributed by atoms with Crippen molar-refractivity contribution in [2.45, 2.75) is 30.1 Å². The molecular formula is C16H11ClF8N2O3S. The monoisotopic (exact) mass is 498 g/mol. The fraction of sp³-hybridized carbons (Fsp3) is 0.375. The van der Waals surface area contributed by atoms with Gasteiger partial charge in [0, 0.05) is 0 Å². The van der Waals surface area contributed by atoms with E-state index in [2.05, 4.69) is 14.7 Å². The summed E-state index contributed by atoms with van der Waals surface area (Å²) in [6.45, 7) is -0.872. The first kappa shape index (κ1) is 25.0. The summed E-state index contributed by atoms with van der Waals surface area (Å²) in [5.74, 6) is -6.27. The standard InChI is InChI=1S/C16H11ClF8N2O3S/c1-2-31(28,29)11-5-9(15(20,21)22)13(17)27-12(11)10-4-3-8(6-26-10)30-7-14(18,19)16(23,24)25/h3-6H,2,7H2,1H3. The second kappa shape index (κ2) is 8.37. The van der Waals surface area contributed by atoms with E-state index in [1.165, 1.54) is 6.92 Å². The van der Waals surface area contributed by atoms with Crippen molar-refractivity contribution in [1.29, 1.82) is 0 Å². The van der Waals surface area contributed by atoms with Crippen molar-refractivity contribution in [3.8, 4) is 17.1 Å². The Kier molecular flexibility index (Phi) is 6.76. The highest BCUT2D eigenvalue weighted by molar-refractivity contribution is 7.91.